The van der Waals surface area contributed by atoms with Crippen molar-refractivity contribution in [2.75, 3.05) is 43.4 Å². The van der Waals surface area contributed by atoms with Crippen molar-refractivity contribution in [2.45, 2.75) is 13.3 Å². The number of hydrogen-bond donors (Lipinski definition) is 1. The summed E-state index contributed by atoms with van der Waals surface area (Å²) < 4.78 is 0. The van der Waals surface area contributed by atoms with Crippen LogP contribution in [0.4, 0.5) is 11.4 Å². The predicted octanol–water partition coefficient (Wildman–Crippen LogP) is 3.25. The number of piperazine rings is 1. The van der Waals surface area contributed by atoms with E-state index in [1.807, 2.05) is 42.5 Å². The second-order valence-electron chi connectivity index (χ2n) is 6.31. The van der Waals surface area contributed by atoms with E-state index < -0.39 is 0 Å². The van der Waals surface area contributed by atoms with E-state index in [-0.39, 0.29) is 5.91 Å². The normalized spacial score (nSPS) is 15.3. The molecule has 3 rings (SSSR count). The summed E-state index contributed by atoms with van der Waals surface area (Å²) >= 11 is 0. The predicted molar refractivity (Wildman–Crippen MR) is 99.9 cm³/mol. The van der Waals surface area contributed by atoms with E-state index in [4.69, 9.17) is 0 Å². The lowest BCUT2D eigenvalue weighted by atomic mass is 10.1. The highest BCUT2D eigenvalue weighted by molar-refractivity contribution is 6.06. The average molecular weight is 323 g/mol. The first kappa shape index (κ1) is 16.5. The topological polar surface area (TPSA) is 35.6 Å². The second-order valence-corrected chi connectivity index (χ2v) is 6.31. The Morgan fingerprint density at radius 1 is 1.00 bits per heavy atom. The summed E-state index contributed by atoms with van der Waals surface area (Å²) in [6.07, 6.45) is 0.980. The largest absolute Gasteiger partial charge is 0.367 e. The van der Waals surface area contributed by atoms with Gasteiger partial charge >= 0.3 is 0 Å². The van der Waals surface area contributed by atoms with Crippen LogP contribution in [0.25, 0.3) is 0 Å². The standard InChI is InChI=1S/C20H25N3O/c1-3-16-8-10-17(11-9-16)20(24)21-18-6-4-5-7-19(18)23-14-12-22(2)13-15-23/h4-11H,3,12-15H2,1-2H3,(H,21,24). The third-order valence-electron chi connectivity index (χ3n) is 4.62. The third-order valence-corrected chi connectivity index (χ3v) is 4.62. The zero-order valence-electron chi connectivity index (χ0n) is 14.5. The fraction of sp³-hybridized carbons (Fsp3) is 0.350. The van der Waals surface area contributed by atoms with Crippen LogP contribution >= 0.6 is 0 Å². The molecule has 0 radical (unpaired) electrons. The first-order chi connectivity index (χ1) is 11.7. The highest BCUT2D eigenvalue weighted by atomic mass is 16.1. The van der Waals surface area contributed by atoms with Crippen molar-refractivity contribution < 1.29 is 4.79 Å². The Kier molecular flexibility index (Phi) is 5.16. The monoisotopic (exact) mass is 323 g/mol. The number of carbonyl (C=O) groups excluding carboxylic acids is 1. The number of benzene rings is 2. The molecule has 24 heavy (non-hydrogen) atoms. The molecule has 2 aromatic rings. The number of anilines is 2. The Morgan fingerprint density at radius 2 is 1.67 bits per heavy atom. The molecule has 1 amide bonds. The number of para-hydroxylation sites is 2. The van der Waals surface area contributed by atoms with Crippen molar-refractivity contribution in [1.82, 2.24) is 4.90 Å². The lowest BCUT2D eigenvalue weighted by molar-refractivity contribution is 0.102. The van der Waals surface area contributed by atoms with Gasteiger partial charge in [0.15, 0.2) is 0 Å². The fourth-order valence-corrected chi connectivity index (χ4v) is 2.99. The van der Waals surface area contributed by atoms with Gasteiger partial charge in [0.25, 0.3) is 5.91 Å². The molecule has 2 aromatic carbocycles. The number of aryl methyl sites for hydroxylation is 1. The lowest BCUT2D eigenvalue weighted by Gasteiger charge is -2.35. The van der Waals surface area contributed by atoms with Gasteiger partial charge in [0.1, 0.15) is 0 Å². The quantitative estimate of drug-likeness (QED) is 0.938. The molecule has 0 spiro atoms. The Hall–Kier alpha value is -2.33. The van der Waals surface area contributed by atoms with Crippen molar-refractivity contribution in [3.63, 3.8) is 0 Å². The zero-order valence-corrected chi connectivity index (χ0v) is 14.5. The number of nitrogens with zero attached hydrogens (tertiary/aromatic N) is 2. The minimum Gasteiger partial charge on any atom is -0.367 e. The molecular formula is C20H25N3O. The smallest absolute Gasteiger partial charge is 0.255 e. The molecule has 0 saturated carbocycles. The molecule has 0 bridgehead atoms. The van der Waals surface area contributed by atoms with Gasteiger partial charge in [-0.05, 0) is 43.3 Å². The van der Waals surface area contributed by atoms with Gasteiger partial charge in [-0.25, -0.2) is 0 Å². The number of carbonyl (C=O) groups is 1. The summed E-state index contributed by atoms with van der Waals surface area (Å²) in [5.74, 6) is -0.0563. The van der Waals surface area contributed by atoms with Gasteiger partial charge in [0, 0.05) is 31.7 Å². The van der Waals surface area contributed by atoms with E-state index in [9.17, 15) is 4.79 Å². The molecule has 4 nitrogen and oxygen atoms in total. The van der Waals surface area contributed by atoms with E-state index in [1.54, 1.807) is 0 Å². The van der Waals surface area contributed by atoms with Crippen molar-refractivity contribution in [3.05, 3.63) is 59.7 Å². The van der Waals surface area contributed by atoms with Crippen molar-refractivity contribution in [2.24, 2.45) is 0 Å². The van der Waals surface area contributed by atoms with Crippen LogP contribution in [0, 0.1) is 0 Å². The first-order valence-corrected chi connectivity index (χ1v) is 8.60. The van der Waals surface area contributed by atoms with Crippen LogP contribution in [-0.4, -0.2) is 44.0 Å². The van der Waals surface area contributed by atoms with E-state index in [2.05, 4.69) is 35.2 Å². The number of amides is 1. The van der Waals surface area contributed by atoms with E-state index in [1.165, 1.54) is 5.56 Å². The summed E-state index contributed by atoms with van der Waals surface area (Å²) in [6.45, 7) is 6.16. The van der Waals surface area contributed by atoms with Crippen LogP contribution in [0.15, 0.2) is 48.5 Å². The zero-order chi connectivity index (χ0) is 16.9. The van der Waals surface area contributed by atoms with Crippen LogP contribution in [0.1, 0.15) is 22.8 Å². The molecule has 0 aromatic heterocycles. The number of nitrogens with one attached hydrogen (secondary N) is 1. The van der Waals surface area contributed by atoms with Gasteiger partial charge in [-0.2, -0.15) is 0 Å². The van der Waals surface area contributed by atoms with Gasteiger partial charge in [-0.1, -0.05) is 31.2 Å². The highest BCUT2D eigenvalue weighted by Gasteiger charge is 2.18. The molecule has 1 fully saturated rings. The molecular weight excluding hydrogens is 298 g/mol. The van der Waals surface area contributed by atoms with Crippen LogP contribution in [0.3, 0.4) is 0 Å². The minimum absolute atomic E-state index is 0.0563. The van der Waals surface area contributed by atoms with Gasteiger partial charge in [0.2, 0.25) is 0 Å². The molecule has 0 atom stereocenters. The second kappa shape index (κ2) is 7.49. The molecule has 126 valence electrons. The number of rotatable bonds is 4. The molecule has 4 heteroatoms. The molecule has 1 aliphatic rings. The van der Waals surface area contributed by atoms with Crippen molar-refractivity contribution in [1.29, 1.82) is 0 Å². The fourth-order valence-electron chi connectivity index (χ4n) is 2.99. The minimum atomic E-state index is -0.0563. The van der Waals surface area contributed by atoms with E-state index in [0.717, 1.165) is 44.0 Å². The molecule has 1 N–H and O–H groups in total. The van der Waals surface area contributed by atoms with Gasteiger partial charge in [-0.15, -0.1) is 0 Å². The van der Waals surface area contributed by atoms with Crippen LogP contribution < -0.4 is 10.2 Å². The van der Waals surface area contributed by atoms with Crippen molar-refractivity contribution >= 4 is 17.3 Å². The van der Waals surface area contributed by atoms with Crippen LogP contribution in [-0.2, 0) is 6.42 Å². The van der Waals surface area contributed by atoms with Gasteiger partial charge in [-0.3, -0.25) is 4.79 Å². The molecule has 1 heterocycles. The summed E-state index contributed by atoms with van der Waals surface area (Å²) in [7, 11) is 2.14. The Balaban J connectivity index is 1.75. The molecule has 0 unspecified atom stereocenters. The maximum absolute atomic E-state index is 12.6. The van der Waals surface area contributed by atoms with Gasteiger partial charge in [0.05, 0.1) is 11.4 Å². The Bertz CT molecular complexity index is 688. The summed E-state index contributed by atoms with van der Waals surface area (Å²) in [4.78, 5) is 17.2. The summed E-state index contributed by atoms with van der Waals surface area (Å²) in [5, 5.41) is 3.08. The third kappa shape index (κ3) is 3.77. The number of hydrogen-bond acceptors (Lipinski definition) is 3. The Labute approximate surface area is 144 Å². The molecule has 1 saturated heterocycles. The van der Waals surface area contributed by atoms with Crippen LogP contribution in [0.5, 0.6) is 0 Å². The Morgan fingerprint density at radius 3 is 2.33 bits per heavy atom. The molecule has 0 aliphatic carbocycles. The first-order valence-electron chi connectivity index (χ1n) is 8.60. The lowest BCUT2D eigenvalue weighted by Crippen LogP contribution is -2.44. The number of likely N-dealkylation sites (N-methyl/N-ethyl adjacent to an activating group) is 1. The van der Waals surface area contributed by atoms with E-state index >= 15 is 0 Å². The van der Waals surface area contributed by atoms with Gasteiger partial charge < -0.3 is 15.1 Å². The molecule has 1 aliphatic heterocycles. The average Bonchev–Trinajstić information content (AvgIpc) is 2.63. The SMILES string of the molecule is CCc1ccc(C(=O)Nc2ccccc2N2CCN(C)CC2)cc1. The summed E-state index contributed by atoms with van der Waals surface area (Å²) in [5.41, 5.74) is 3.92. The maximum Gasteiger partial charge on any atom is 0.255 e. The highest BCUT2D eigenvalue weighted by Crippen LogP contribution is 2.27. The van der Waals surface area contributed by atoms with Crippen LogP contribution in [0.2, 0.25) is 0 Å². The van der Waals surface area contributed by atoms with Crippen molar-refractivity contribution in [3.8, 4) is 0 Å². The van der Waals surface area contributed by atoms with E-state index in [0.29, 0.717) is 5.56 Å². The maximum atomic E-state index is 12.6. The summed E-state index contributed by atoms with van der Waals surface area (Å²) in [6, 6.07) is 15.9.